The molecule has 17 heavy (non-hydrogen) atoms. The summed E-state index contributed by atoms with van der Waals surface area (Å²) in [5.41, 5.74) is 1.13. The molecule has 0 aromatic heterocycles. The van der Waals surface area contributed by atoms with Crippen molar-refractivity contribution in [1.29, 1.82) is 0 Å². The van der Waals surface area contributed by atoms with Gasteiger partial charge in [-0.2, -0.15) is 0 Å². The van der Waals surface area contributed by atoms with E-state index in [-0.39, 0.29) is 6.61 Å². The van der Waals surface area contributed by atoms with E-state index in [4.69, 9.17) is 9.47 Å². The predicted octanol–water partition coefficient (Wildman–Crippen LogP) is 2.54. The lowest BCUT2D eigenvalue weighted by Gasteiger charge is -2.11. The molecule has 0 spiro atoms. The molecule has 0 saturated carbocycles. The van der Waals surface area contributed by atoms with Crippen LogP contribution in [-0.2, 0) is 6.54 Å². The highest BCUT2D eigenvalue weighted by molar-refractivity contribution is 5.42. The second-order valence-electron chi connectivity index (χ2n) is 3.70. The van der Waals surface area contributed by atoms with Gasteiger partial charge in [-0.1, -0.05) is 13.0 Å². The summed E-state index contributed by atoms with van der Waals surface area (Å²) in [4.78, 5) is 0. The molecule has 0 aliphatic rings. The number of hydrogen-bond acceptors (Lipinski definition) is 3. The number of methoxy groups -OCH3 is 1. The van der Waals surface area contributed by atoms with Gasteiger partial charge in [0.05, 0.1) is 7.11 Å². The second kappa shape index (κ2) is 7.90. The molecule has 0 amide bonds. The van der Waals surface area contributed by atoms with Crippen molar-refractivity contribution in [2.45, 2.75) is 19.9 Å². The molecule has 0 saturated heterocycles. The number of halogens is 1. The Kier molecular flexibility index (Phi) is 6.40. The maximum atomic E-state index is 12.0. The minimum atomic E-state index is -0.497. The zero-order chi connectivity index (χ0) is 12.5. The molecule has 1 N–H and O–H groups in total. The van der Waals surface area contributed by atoms with Crippen molar-refractivity contribution >= 4 is 0 Å². The standard InChI is InChI=1S/C13H20FNO2/c1-3-7-15-10-11-4-5-12(17-8-6-14)13(9-11)16-2/h4-5,9,15H,3,6-8,10H2,1-2H3. The monoisotopic (exact) mass is 241 g/mol. The lowest BCUT2D eigenvalue weighted by Crippen LogP contribution is -2.13. The van der Waals surface area contributed by atoms with Gasteiger partial charge in [0.1, 0.15) is 13.3 Å². The van der Waals surface area contributed by atoms with Gasteiger partial charge in [0.2, 0.25) is 0 Å². The van der Waals surface area contributed by atoms with E-state index >= 15 is 0 Å². The average molecular weight is 241 g/mol. The Labute approximate surface area is 102 Å². The van der Waals surface area contributed by atoms with Gasteiger partial charge < -0.3 is 14.8 Å². The topological polar surface area (TPSA) is 30.5 Å². The molecule has 3 nitrogen and oxygen atoms in total. The van der Waals surface area contributed by atoms with Crippen LogP contribution in [0.4, 0.5) is 4.39 Å². The SMILES string of the molecule is CCCNCc1ccc(OCCF)c(OC)c1. The van der Waals surface area contributed by atoms with Gasteiger partial charge in [0.25, 0.3) is 0 Å². The van der Waals surface area contributed by atoms with Gasteiger partial charge in [-0.25, -0.2) is 4.39 Å². The Morgan fingerprint density at radius 3 is 2.76 bits per heavy atom. The van der Waals surface area contributed by atoms with E-state index in [9.17, 15) is 4.39 Å². The number of rotatable bonds is 8. The first-order chi connectivity index (χ1) is 8.31. The molecule has 0 radical (unpaired) electrons. The summed E-state index contributed by atoms with van der Waals surface area (Å²) in [6.07, 6.45) is 1.11. The first-order valence-electron chi connectivity index (χ1n) is 5.88. The van der Waals surface area contributed by atoms with Crippen molar-refractivity contribution in [1.82, 2.24) is 5.32 Å². The van der Waals surface area contributed by atoms with Gasteiger partial charge in [0.15, 0.2) is 11.5 Å². The lowest BCUT2D eigenvalue weighted by atomic mass is 10.2. The highest BCUT2D eigenvalue weighted by Gasteiger charge is 2.05. The van der Waals surface area contributed by atoms with Gasteiger partial charge in [0, 0.05) is 6.54 Å². The first-order valence-corrected chi connectivity index (χ1v) is 5.88. The van der Waals surface area contributed by atoms with E-state index in [0.717, 1.165) is 25.1 Å². The van der Waals surface area contributed by atoms with E-state index < -0.39 is 6.67 Å². The zero-order valence-corrected chi connectivity index (χ0v) is 10.5. The third-order valence-corrected chi connectivity index (χ3v) is 2.32. The maximum absolute atomic E-state index is 12.0. The molecule has 0 aliphatic heterocycles. The van der Waals surface area contributed by atoms with Crippen LogP contribution in [0.25, 0.3) is 0 Å². The van der Waals surface area contributed by atoms with Crippen LogP contribution >= 0.6 is 0 Å². The molecule has 1 rings (SSSR count). The van der Waals surface area contributed by atoms with E-state index in [1.54, 1.807) is 7.11 Å². The molecule has 1 aromatic rings. The fourth-order valence-electron chi connectivity index (χ4n) is 1.50. The molecule has 4 heteroatoms. The van der Waals surface area contributed by atoms with Crippen LogP contribution in [0.15, 0.2) is 18.2 Å². The summed E-state index contributed by atoms with van der Waals surface area (Å²) in [6.45, 7) is 3.48. The minimum absolute atomic E-state index is 0.0593. The fourth-order valence-corrected chi connectivity index (χ4v) is 1.50. The van der Waals surface area contributed by atoms with Crippen molar-refractivity contribution in [3.8, 4) is 11.5 Å². The summed E-state index contributed by atoms with van der Waals surface area (Å²) in [5, 5.41) is 3.31. The molecule has 0 atom stereocenters. The number of benzene rings is 1. The Hall–Kier alpha value is -1.29. The number of nitrogens with one attached hydrogen (secondary N) is 1. The Bertz CT molecular complexity index is 331. The Morgan fingerprint density at radius 2 is 2.12 bits per heavy atom. The smallest absolute Gasteiger partial charge is 0.161 e. The predicted molar refractivity (Wildman–Crippen MR) is 66.5 cm³/mol. The summed E-state index contributed by atoms with van der Waals surface area (Å²) in [7, 11) is 1.58. The van der Waals surface area contributed by atoms with E-state index in [1.807, 2.05) is 18.2 Å². The quantitative estimate of drug-likeness (QED) is 0.709. The minimum Gasteiger partial charge on any atom is -0.493 e. The summed E-state index contributed by atoms with van der Waals surface area (Å²) in [5.74, 6) is 1.23. The van der Waals surface area contributed by atoms with Crippen LogP contribution in [0.3, 0.4) is 0 Å². The van der Waals surface area contributed by atoms with Crippen LogP contribution in [0.2, 0.25) is 0 Å². The van der Waals surface area contributed by atoms with E-state index in [0.29, 0.717) is 11.5 Å². The average Bonchev–Trinajstić information content (AvgIpc) is 2.37. The van der Waals surface area contributed by atoms with Crippen LogP contribution in [0, 0.1) is 0 Å². The normalized spacial score (nSPS) is 10.3. The molecule has 0 bridgehead atoms. The Morgan fingerprint density at radius 1 is 1.29 bits per heavy atom. The van der Waals surface area contributed by atoms with Gasteiger partial charge in [-0.3, -0.25) is 0 Å². The molecule has 0 aliphatic carbocycles. The molecule has 0 unspecified atom stereocenters. The highest BCUT2D eigenvalue weighted by Crippen LogP contribution is 2.27. The van der Waals surface area contributed by atoms with Crippen molar-refractivity contribution in [3.05, 3.63) is 23.8 Å². The van der Waals surface area contributed by atoms with Gasteiger partial charge in [-0.15, -0.1) is 0 Å². The summed E-state index contributed by atoms with van der Waals surface area (Å²) >= 11 is 0. The number of hydrogen-bond donors (Lipinski definition) is 1. The zero-order valence-electron chi connectivity index (χ0n) is 10.5. The van der Waals surface area contributed by atoms with Gasteiger partial charge in [-0.05, 0) is 30.7 Å². The molecule has 0 fully saturated rings. The molecular formula is C13H20FNO2. The Balaban J connectivity index is 2.63. The first kappa shape index (κ1) is 13.8. The van der Waals surface area contributed by atoms with Crippen LogP contribution in [0.5, 0.6) is 11.5 Å². The fraction of sp³-hybridized carbons (Fsp3) is 0.538. The highest BCUT2D eigenvalue weighted by atomic mass is 19.1. The van der Waals surface area contributed by atoms with E-state index in [1.165, 1.54) is 0 Å². The van der Waals surface area contributed by atoms with Crippen molar-refractivity contribution in [3.63, 3.8) is 0 Å². The van der Waals surface area contributed by atoms with Crippen molar-refractivity contribution < 1.29 is 13.9 Å². The molecule has 1 aromatic carbocycles. The molecule has 96 valence electrons. The van der Waals surface area contributed by atoms with Crippen LogP contribution in [-0.4, -0.2) is 26.9 Å². The number of alkyl halides is 1. The summed E-state index contributed by atoms with van der Waals surface area (Å²) < 4.78 is 22.5. The third kappa shape index (κ3) is 4.61. The largest absolute Gasteiger partial charge is 0.493 e. The van der Waals surface area contributed by atoms with Crippen LogP contribution < -0.4 is 14.8 Å². The number of ether oxygens (including phenoxy) is 2. The van der Waals surface area contributed by atoms with Crippen molar-refractivity contribution in [2.75, 3.05) is 26.9 Å². The third-order valence-electron chi connectivity index (χ3n) is 2.32. The second-order valence-corrected chi connectivity index (χ2v) is 3.70. The van der Waals surface area contributed by atoms with Crippen molar-refractivity contribution in [2.24, 2.45) is 0 Å². The van der Waals surface area contributed by atoms with Crippen LogP contribution in [0.1, 0.15) is 18.9 Å². The maximum Gasteiger partial charge on any atom is 0.161 e. The molecular weight excluding hydrogens is 221 g/mol. The summed E-state index contributed by atoms with van der Waals surface area (Å²) in [6, 6.07) is 5.69. The van der Waals surface area contributed by atoms with Gasteiger partial charge >= 0.3 is 0 Å². The van der Waals surface area contributed by atoms with E-state index in [2.05, 4.69) is 12.2 Å². The molecule has 0 heterocycles. The lowest BCUT2D eigenvalue weighted by molar-refractivity contribution is 0.260.